The van der Waals surface area contributed by atoms with Crippen molar-refractivity contribution in [3.63, 3.8) is 0 Å². The van der Waals surface area contributed by atoms with Crippen molar-refractivity contribution in [2.24, 2.45) is 5.73 Å². The summed E-state index contributed by atoms with van der Waals surface area (Å²) in [6.45, 7) is 0. The first-order valence-corrected chi connectivity index (χ1v) is 6.89. The highest BCUT2D eigenvalue weighted by atomic mass is 16.4. The largest absolute Gasteiger partial charge is 0.481 e. The minimum absolute atomic E-state index is 0.385. The van der Waals surface area contributed by atoms with Gasteiger partial charge in [0.05, 0.1) is 12.8 Å². The van der Waals surface area contributed by atoms with E-state index >= 15 is 0 Å². The zero-order chi connectivity index (χ0) is 19.6. The van der Waals surface area contributed by atoms with Gasteiger partial charge in [0.25, 0.3) is 0 Å². The highest BCUT2D eigenvalue weighted by Crippen LogP contribution is 2.15. The monoisotopic (exact) mass is 357 g/mol. The summed E-state index contributed by atoms with van der Waals surface area (Å²) in [6, 6.07) is 8.54. The second kappa shape index (κ2) is 10.0. The van der Waals surface area contributed by atoms with Crippen LogP contribution in [0, 0.1) is 0 Å². The molecule has 0 aliphatic carbocycles. The number of carboxylic acids is 4. The Morgan fingerprint density at radius 1 is 0.920 bits per heavy atom. The van der Waals surface area contributed by atoms with Gasteiger partial charge in [-0.2, -0.15) is 0 Å². The molecule has 138 valence electrons. The SMILES string of the molecule is N[C@@H](Cc1ccccc1)C(=O)O.O=C(O)CC(O)(CC(=O)O)C(=O)O. The van der Waals surface area contributed by atoms with Crippen molar-refractivity contribution in [2.45, 2.75) is 30.9 Å². The molecule has 10 nitrogen and oxygen atoms in total. The lowest BCUT2D eigenvalue weighted by Crippen LogP contribution is -2.42. The van der Waals surface area contributed by atoms with E-state index in [2.05, 4.69) is 0 Å². The van der Waals surface area contributed by atoms with Crippen molar-refractivity contribution in [3.8, 4) is 0 Å². The van der Waals surface area contributed by atoms with Gasteiger partial charge in [-0.15, -0.1) is 0 Å². The Morgan fingerprint density at radius 3 is 1.68 bits per heavy atom. The number of carboxylic acid groups (broad SMARTS) is 4. The summed E-state index contributed by atoms with van der Waals surface area (Å²) in [4.78, 5) is 40.9. The van der Waals surface area contributed by atoms with Gasteiger partial charge in [-0.25, -0.2) is 4.79 Å². The maximum absolute atomic E-state index is 10.4. The van der Waals surface area contributed by atoms with Gasteiger partial charge in [0, 0.05) is 0 Å². The number of nitrogens with two attached hydrogens (primary N) is 1. The molecule has 0 aromatic heterocycles. The first kappa shape index (κ1) is 22.0. The Kier molecular flexibility index (Phi) is 8.81. The highest BCUT2D eigenvalue weighted by molar-refractivity contribution is 5.88. The topological polar surface area (TPSA) is 195 Å². The average molecular weight is 357 g/mol. The van der Waals surface area contributed by atoms with Crippen LogP contribution in [0.2, 0.25) is 0 Å². The molecule has 7 N–H and O–H groups in total. The summed E-state index contributed by atoms with van der Waals surface area (Å²) in [7, 11) is 0. The number of benzene rings is 1. The van der Waals surface area contributed by atoms with E-state index in [1.807, 2.05) is 30.3 Å². The van der Waals surface area contributed by atoms with E-state index in [0.717, 1.165) is 5.56 Å². The molecule has 1 atom stereocenters. The van der Waals surface area contributed by atoms with Crippen LogP contribution in [-0.4, -0.2) is 61.1 Å². The van der Waals surface area contributed by atoms with Crippen LogP contribution in [0.1, 0.15) is 18.4 Å². The average Bonchev–Trinajstić information content (AvgIpc) is 2.46. The van der Waals surface area contributed by atoms with Crippen molar-refractivity contribution in [1.29, 1.82) is 0 Å². The van der Waals surface area contributed by atoms with Gasteiger partial charge in [0.15, 0.2) is 5.60 Å². The van der Waals surface area contributed by atoms with E-state index in [4.69, 9.17) is 31.3 Å². The Morgan fingerprint density at radius 2 is 1.36 bits per heavy atom. The molecule has 0 amide bonds. The maximum atomic E-state index is 10.4. The molecule has 0 radical (unpaired) electrons. The van der Waals surface area contributed by atoms with E-state index in [9.17, 15) is 19.2 Å². The number of rotatable bonds is 8. The van der Waals surface area contributed by atoms with Crippen LogP contribution < -0.4 is 5.73 Å². The molecule has 25 heavy (non-hydrogen) atoms. The predicted octanol–water partition coefficient (Wildman–Crippen LogP) is -0.607. The first-order chi connectivity index (χ1) is 11.5. The second-order valence-electron chi connectivity index (χ2n) is 5.11. The Hall–Kier alpha value is -2.98. The predicted molar refractivity (Wildman–Crippen MR) is 82.8 cm³/mol. The Balaban J connectivity index is 0.000000462. The van der Waals surface area contributed by atoms with Crippen LogP contribution in [0.25, 0.3) is 0 Å². The van der Waals surface area contributed by atoms with Gasteiger partial charge >= 0.3 is 23.9 Å². The lowest BCUT2D eigenvalue weighted by atomic mass is 9.96. The summed E-state index contributed by atoms with van der Waals surface area (Å²) >= 11 is 0. The third-order valence-electron chi connectivity index (χ3n) is 2.90. The fourth-order valence-corrected chi connectivity index (χ4v) is 1.67. The molecule has 0 unspecified atom stereocenters. The van der Waals surface area contributed by atoms with Gasteiger partial charge in [0.2, 0.25) is 0 Å². The minimum Gasteiger partial charge on any atom is -0.481 e. The van der Waals surface area contributed by atoms with E-state index in [-0.39, 0.29) is 0 Å². The van der Waals surface area contributed by atoms with Crippen molar-refractivity contribution >= 4 is 23.9 Å². The Bertz CT molecular complexity index is 599. The smallest absolute Gasteiger partial charge is 0.336 e. The molecule has 0 fully saturated rings. The normalized spacial score (nSPS) is 11.6. The van der Waals surface area contributed by atoms with E-state index in [1.54, 1.807) is 0 Å². The molecule has 0 spiro atoms. The highest BCUT2D eigenvalue weighted by Gasteiger charge is 2.40. The summed E-state index contributed by atoms with van der Waals surface area (Å²) in [5, 5.41) is 42.3. The fourth-order valence-electron chi connectivity index (χ4n) is 1.67. The molecule has 1 aromatic carbocycles. The summed E-state index contributed by atoms with van der Waals surface area (Å²) in [6.07, 6.45) is -1.90. The molecule has 0 aliphatic rings. The third-order valence-corrected chi connectivity index (χ3v) is 2.90. The van der Waals surface area contributed by atoms with Crippen LogP contribution in [0.5, 0.6) is 0 Å². The van der Waals surface area contributed by atoms with Crippen molar-refractivity contribution in [2.75, 3.05) is 0 Å². The molecule has 0 saturated carbocycles. The first-order valence-electron chi connectivity index (χ1n) is 6.89. The molecular formula is C15H19NO9. The van der Waals surface area contributed by atoms with Crippen molar-refractivity contribution in [3.05, 3.63) is 35.9 Å². The zero-order valence-electron chi connectivity index (χ0n) is 13.0. The molecular weight excluding hydrogens is 338 g/mol. The molecule has 10 heteroatoms. The summed E-state index contributed by atoms with van der Waals surface area (Å²) < 4.78 is 0. The number of carbonyl (C=O) groups is 4. The van der Waals surface area contributed by atoms with Crippen LogP contribution >= 0.6 is 0 Å². The van der Waals surface area contributed by atoms with Crippen LogP contribution in [-0.2, 0) is 25.6 Å². The Labute approximate surface area is 142 Å². The molecule has 0 bridgehead atoms. The molecule has 1 rings (SSSR count). The summed E-state index contributed by atoms with van der Waals surface area (Å²) in [5.74, 6) is -5.98. The van der Waals surface area contributed by atoms with Crippen LogP contribution in [0.3, 0.4) is 0 Å². The van der Waals surface area contributed by atoms with Crippen LogP contribution in [0.4, 0.5) is 0 Å². The fraction of sp³-hybridized carbons (Fsp3) is 0.333. The van der Waals surface area contributed by atoms with Crippen molar-refractivity contribution < 1.29 is 44.7 Å². The van der Waals surface area contributed by atoms with Gasteiger partial charge in [-0.1, -0.05) is 30.3 Å². The third kappa shape index (κ3) is 9.03. The van der Waals surface area contributed by atoms with Gasteiger partial charge in [-0.3, -0.25) is 14.4 Å². The lowest BCUT2D eigenvalue weighted by molar-refractivity contribution is -0.170. The standard InChI is InChI=1S/C9H11NO2.C6H8O7/c10-8(9(11)12)6-7-4-2-1-3-5-7;7-3(8)1-6(13,5(11)12)2-4(9)10/h1-5,8H,6,10H2,(H,11,12);13H,1-2H2,(H,7,8)(H,9,10)(H,11,12)/t8-;/m0./s1. The second-order valence-corrected chi connectivity index (χ2v) is 5.11. The van der Waals surface area contributed by atoms with Crippen molar-refractivity contribution in [1.82, 2.24) is 0 Å². The number of aliphatic hydroxyl groups is 1. The number of hydrogen-bond acceptors (Lipinski definition) is 6. The van der Waals surface area contributed by atoms with E-state index in [1.165, 1.54) is 0 Å². The summed E-state index contributed by atoms with van der Waals surface area (Å²) in [5.41, 5.74) is 3.56. The molecule has 0 aliphatic heterocycles. The minimum atomic E-state index is -2.74. The maximum Gasteiger partial charge on any atom is 0.336 e. The van der Waals surface area contributed by atoms with E-state index in [0.29, 0.717) is 6.42 Å². The lowest BCUT2D eigenvalue weighted by Gasteiger charge is -2.18. The van der Waals surface area contributed by atoms with Gasteiger partial charge in [-0.05, 0) is 12.0 Å². The van der Waals surface area contributed by atoms with Gasteiger partial charge < -0.3 is 31.3 Å². The quantitative estimate of drug-likeness (QED) is 0.349. The molecule has 1 aromatic rings. The molecule has 0 heterocycles. The van der Waals surface area contributed by atoms with Gasteiger partial charge in [0.1, 0.15) is 6.04 Å². The molecule has 0 saturated heterocycles. The number of hydrogen-bond donors (Lipinski definition) is 6. The zero-order valence-corrected chi connectivity index (χ0v) is 13.0. The van der Waals surface area contributed by atoms with E-state index < -0.39 is 48.4 Å². The number of aliphatic carboxylic acids is 4. The van der Waals surface area contributed by atoms with Crippen LogP contribution in [0.15, 0.2) is 30.3 Å².